The third-order valence-corrected chi connectivity index (χ3v) is 5.49. The van der Waals surface area contributed by atoms with Crippen molar-refractivity contribution in [3.8, 4) is 11.5 Å². The Morgan fingerprint density at radius 2 is 1.78 bits per heavy atom. The number of hydrazone groups is 1. The van der Waals surface area contributed by atoms with E-state index in [1.54, 1.807) is 50.2 Å². The molecule has 0 saturated heterocycles. The molecular formula is C27H27ClFN3O4. The highest BCUT2D eigenvalue weighted by atomic mass is 35.5. The lowest BCUT2D eigenvalue weighted by molar-refractivity contribution is -0.123. The first-order chi connectivity index (χ1) is 17.3. The van der Waals surface area contributed by atoms with Crippen molar-refractivity contribution < 1.29 is 23.5 Å². The minimum Gasteiger partial charge on any atom is -0.493 e. The SMILES string of the molecule is COc1cc(C=NNC(=O)C(NC(=O)c2ccccc2F)C(C)C)ccc1OCc1ccc(Cl)cc1. The van der Waals surface area contributed by atoms with Crippen LogP contribution in [0, 0.1) is 11.7 Å². The van der Waals surface area contributed by atoms with Gasteiger partial charge in [0, 0.05) is 5.02 Å². The summed E-state index contributed by atoms with van der Waals surface area (Å²) in [6.45, 7) is 3.87. The molecule has 9 heteroatoms. The van der Waals surface area contributed by atoms with Gasteiger partial charge in [0.05, 0.1) is 18.9 Å². The van der Waals surface area contributed by atoms with E-state index in [0.29, 0.717) is 28.7 Å². The van der Waals surface area contributed by atoms with Crippen LogP contribution in [0.15, 0.2) is 71.8 Å². The third kappa shape index (κ3) is 7.29. The first-order valence-corrected chi connectivity index (χ1v) is 11.6. The zero-order valence-electron chi connectivity index (χ0n) is 20.1. The molecule has 0 aliphatic carbocycles. The maximum Gasteiger partial charge on any atom is 0.262 e. The number of methoxy groups -OCH3 is 1. The molecule has 1 unspecified atom stereocenters. The average Bonchev–Trinajstić information content (AvgIpc) is 2.87. The number of nitrogens with zero attached hydrogens (tertiary/aromatic N) is 1. The molecule has 0 saturated carbocycles. The molecule has 0 aromatic heterocycles. The van der Waals surface area contributed by atoms with Crippen molar-refractivity contribution >= 4 is 29.6 Å². The lowest BCUT2D eigenvalue weighted by Crippen LogP contribution is -2.48. The fourth-order valence-corrected chi connectivity index (χ4v) is 3.39. The number of hydrogen-bond acceptors (Lipinski definition) is 5. The zero-order chi connectivity index (χ0) is 26.1. The smallest absolute Gasteiger partial charge is 0.262 e. The summed E-state index contributed by atoms with van der Waals surface area (Å²) < 4.78 is 25.2. The van der Waals surface area contributed by atoms with Gasteiger partial charge >= 0.3 is 0 Å². The van der Waals surface area contributed by atoms with E-state index in [9.17, 15) is 14.0 Å². The molecule has 2 amide bonds. The lowest BCUT2D eigenvalue weighted by Gasteiger charge is -2.20. The van der Waals surface area contributed by atoms with E-state index in [2.05, 4.69) is 15.8 Å². The highest BCUT2D eigenvalue weighted by Crippen LogP contribution is 2.28. The Balaban J connectivity index is 1.61. The van der Waals surface area contributed by atoms with E-state index >= 15 is 0 Å². The van der Waals surface area contributed by atoms with Crippen molar-refractivity contribution in [3.05, 3.63) is 94.3 Å². The summed E-state index contributed by atoms with van der Waals surface area (Å²) in [6.07, 6.45) is 1.44. The fourth-order valence-electron chi connectivity index (χ4n) is 3.26. The average molecular weight is 512 g/mol. The molecule has 0 heterocycles. The fraction of sp³-hybridized carbons (Fsp3) is 0.222. The topological polar surface area (TPSA) is 89.0 Å². The summed E-state index contributed by atoms with van der Waals surface area (Å²) in [7, 11) is 1.53. The van der Waals surface area contributed by atoms with Crippen molar-refractivity contribution in [2.45, 2.75) is 26.5 Å². The molecule has 188 valence electrons. The van der Waals surface area contributed by atoms with Crippen molar-refractivity contribution in [1.29, 1.82) is 0 Å². The van der Waals surface area contributed by atoms with Crippen molar-refractivity contribution in [3.63, 3.8) is 0 Å². The largest absolute Gasteiger partial charge is 0.493 e. The highest BCUT2D eigenvalue weighted by Gasteiger charge is 2.25. The summed E-state index contributed by atoms with van der Waals surface area (Å²) >= 11 is 5.91. The van der Waals surface area contributed by atoms with Gasteiger partial charge in [-0.3, -0.25) is 9.59 Å². The summed E-state index contributed by atoms with van der Waals surface area (Å²) in [5, 5.41) is 7.21. The molecule has 3 aromatic carbocycles. The van der Waals surface area contributed by atoms with E-state index < -0.39 is 23.7 Å². The first kappa shape index (κ1) is 26.7. The van der Waals surface area contributed by atoms with Crippen LogP contribution in [0.5, 0.6) is 11.5 Å². The second-order valence-corrected chi connectivity index (χ2v) is 8.67. The maximum atomic E-state index is 13.9. The number of halogens is 2. The number of hydrogen-bond donors (Lipinski definition) is 2. The summed E-state index contributed by atoms with van der Waals surface area (Å²) in [5.41, 5.74) is 3.90. The van der Waals surface area contributed by atoms with Gasteiger partial charge in [-0.1, -0.05) is 49.7 Å². The minimum atomic E-state index is -0.910. The molecule has 0 spiro atoms. The molecular weight excluding hydrogens is 485 g/mol. The van der Waals surface area contributed by atoms with Crippen LogP contribution in [-0.4, -0.2) is 31.2 Å². The number of ether oxygens (including phenoxy) is 2. The molecule has 0 bridgehead atoms. The molecule has 7 nitrogen and oxygen atoms in total. The standard InChI is InChI=1S/C27H27ClFN3O4/c1-17(2)25(31-26(33)21-6-4-5-7-22(21)29)27(34)32-30-15-19-10-13-23(24(14-19)35-3)36-16-18-8-11-20(28)12-9-18/h4-15,17,25H,16H2,1-3H3,(H,31,33)(H,32,34). The van der Waals surface area contributed by atoms with Crippen LogP contribution in [-0.2, 0) is 11.4 Å². The lowest BCUT2D eigenvalue weighted by atomic mass is 10.0. The van der Waals surface area contributed by atoms with Crippen LogP contribution in [0.4, 0.5) is 4.39 Å². The Hall–Kier alpha value is -3.91. The van der Waals surface area contributed by atoms with Gasteiger partial charge in [0.15, 0.2) is 11.5 Å². The number of carbonyl (C=O) groups is 2. The van der Waals surface area contributed by atoms with Crippen LogP contribution in [0.1, 0.15) is 35.3 Å². The summed E-state index contributed by atoms with van der Waals surface area (Å²) in [5.74, 6) is -1.08. The van der Waals surface area contributed by atoms with E-state index in [4.69, 9.17) is 21.1 Å². The molecule has 0 aliphatic rings. The Labute approximate surface area is 214 Å². The Morgan fingerprint density at radius 1 is 1.06 bits per heavy atom. The summed E-state index contributed by atoms with van der Waals surface area (Å²) in [6, 6.07) is 17.2. The molecule has 0 aliphatic heterocycles. The molecule has 3 rings (SSSR count). The minimum absolute atomic E-state index is 0.134. The number of carbonyl (C=O) groups excluding carboxylic acids is 2. The van der Waals surface area contributed by atoms with E-state index in [0.717, 1.165) is 5.56 Å². The molecule has 1 atom stereocenters. The molecule has 0 fully saturated rings. The number of rotatable bonds is 10. The quantitative estimate of drug-likeness (QED) is 0.297. The molecule has 3 aromatic rings. The Morgan fingerprint density at radius 3 is 2.44 bits per heavy atom. The van der Waals surface area contributed by atoms with Gasteiger partial charge in [-0.05, 0) is 59.5 Å². The van der Waals surface area contributed by atoms with Crippen LogP contribution in [0.2, 0.25) is 5.02 Å². The highest BCUT2D eigenvalue weighted by molar-refractivity contribution is 6.30. The predicted molar refractivity (Wildman–Crippen MR) is 137 cm³/mol. The van der Waals surface area contributed by atoms with Gasteiger partial charge < -0.3 is 14.8 Å². The number of amides is 2. The van der Waals surface area contributed by atoms with Crippen molar-refractivity contribution in [2.24, 2.45) is 11.0 Å². The van der Waals surface area contributed by atoms with Gasteiger partial charge in [0.25, 0.3) is 11.8 Å². The van der Waals surface area contributed by atoms with Gasteiger partial charge in [0.2, 0.25) is 0 Å². The summed E-state index contributed by atoms with van der Waals surface area (Å²) in [4.78, 5) is 25.1. The monoisotopic (exact) mass is 511 g/mol. The maximum absolute atomic E-state index is 13.9. The van der Waals surface area contributed by atoms with Crippen LogP contribution in [0.25, 0.3) is 0 Å². The molecule has 2 N–H and O–H groups in total. The molecule has 0 radical (unpaired) electrons. The Bertz CT molecular complexity index is 1230. The van der Waals surface area contributed by atoms with Crippen molar-refractivity contribution in [1.82, 2.24) is 10.7 Å². The van der Waals surface area contributed by atoms with Crippen molar-refractivity contribution in [2.75, 3.05) is 7.11 Å². The van der Waals surface area contributed by atoms with Gasteiger partial charge in [0.1, 0.15) is 18.5 Å². The third-order valence-electron chi connectivity index (χ3n) is 5.24. The van der Waals surface area contributed by atoms with Gasteiger partial charge in [-0.15, -0.1) is 0 Å². The molecule has 36 heavy (non-hydrogen) atoms. The van der Waals surface area contributed by atoms with Crippen LogP contribution in [0.3, 0.4) is 0 Å². The number of benzene rings is 3. The van der Waals surface area contributed by atoms with Gasteiger partial charge in [-0.2, -0.15) is 5.10 Å². The van der Waals surface area contributed by atoms with E-state index in [-0.39, 0.29) is 11.5 Å². The Kier molecular flexibility index (Phi) is 9.41. The van der Waals surface area contributed by atoms with E-state index in [1.165, 1.54) is 31.5 Å². The zero-order valence-corrected chi connectivity index (χ0v) is 20.9. The van der Waals surface area contributed by atoms with E-state index in [1.807, 2.05) is 12.1 Å². The normalized spacial score (nSPS) is 11.8. The van der Waals surface area contributed by atoms with Crippen LogP contribution < -0.4 is 20.2 Å². The first-order valence-electron chi connectivity index (χ1n) is 11.2. The van der Waals surface area contributed by atoms with Gasteiger partial charge in [-0.25, -0.2) is 9.82 Å². The second kappa shape index (κ2) is 12.7. The number of nitrogens with one attached hydrogen (secondary N) is 2. The second-order valence-electron chi connectivity index (χ2n) is 8.23. The van der Waals surface area contributed by atoms with Crippen LogP contribution >= 0.6 is 11.6 Å². The predicted octanol–water partition coefficient (Wildman–Crippen LogP) is 4.97.